The first-order valence-corrected chi connectivity index (χ1v) is 22.4. The Labute approximate surface area is 388 Å². The van der Waals surface area contributed by atoms with Crippen LogP contribution in [0.3, 0.4) is 0 Å². The lowest BCUT2D eigenvalue weighted by Crippen LogP contribution is -2.47. The molecule has 1 saturated heterocycles. The molecular formula is C50H58N4O13. The summed E-state index contributed by atoms with van der Waals surface area (Å²) in [5.41, 5.74) is -0.0253. The first-order valence-electron chi connectivity index (χ1n) is 22.4. The number of phenols is 1. The minimum absolute atomic E-state index is 0.0107. The third kappa shape index (κ3) is 9.46. The van der Waals surface area contributed by atoms with Gasteiger partial charge >= 0.3 is 11.9 Å². The highest BCUT2D eigenvalue weighted by Gasteiger charge is 2.53. The summed E-state index contributed by atoms with van der Waals surface area (Å²) in [5.74, 6) is -8.93. The van der Waals surface area contributed by atoms with Crippen molar-refractivity contribution < 1.29 is 63.0 Å². The van der Waals surface area contributed by atoms with Crippen molar-refractivity contribution in [2.45, 2.75) is 85.2 Å². The van der Waals surface area contributed by atoms with Gasteiger partial charge in [-0.05, 0) is 37.6 Å². The van der Waals surface area contributed by atoms with Gasteiger partial charge in [-0.25, -0.2) is 4.79 Å². The number of amides is 2. The van der Waals surface area contributed by atoms with Gasteiger partial charge in [0.15, 0.2) is 0 Å². The molecule has 0 radical (unpaired) electrons. The van der Waals surface area contributed by atoms with E-state index in [1.165, 1.54) is 46.3 Å². The van der Waals surface area contributed by atoms with Crippen LogP contribution in [0.5, 0.6) is 11.5 Å². The maximum absolute atomic E-state index is 14.8. The summed E-state index contributed by atoms with van der Waals surface area (Å²) < 4.78 is 29.7. The van der Waals surface area contributed by atoms with Crippen molar-refractivity contribution in [2.75, 3.05) is 33.4 Å². The van der Waals surface area contributed by atoms with Crippen molar-refractivity contribution in [2.24, 2.45) is 23.7 Å². The number of Topliss-reactive ketones (excluding diaryl/α,β-unsaturated/α-hetero) is 3. The van der Waals surface area contributed by atoms with Gasteiger partial charge in [0.1, 0.15) is 29.0 Å². The standard InChI is InChI=1S/C50H58N4O13/c1-25-12-11-13-26(2)48(61)53-38-39(54-17-20-64-21-18-54)44(59)35-36(43(38)58)42(57)30(6)46-37(35)47(60)50(7,67-46)65-19-16-34(63-8)27(3)45(29(5)41(56)28(4)40(25)55)66-49(62)52-24-31-22-32-14-9-10-15-33(32)51-23-31/h9-16,19,22-23,25,27-29,34,40-41,45,55-57H,17-18,20-21,24H2,1-8H3,(H,52,62)(H,53,61)/b12-11+,19-16+,26-13-/t25-,27+,28+,29+,34-,40-,41+,45+,50-/m0/s1. The molecule has 2 aromatic carbocycles. The highest BCUT2D eigenvalue weighted by atomic mass is 16.7. The minimum atomic E-state index is -2.12. The maximum atomic E-state index is 14.8. The molecule has 4 aliphatic heterocycles. The van der Waals surface area contributed by atoms with Crippen molar-refractivity contribution in [3.63, 3.8) is 0 Å². The number of ether oxygens (including phenoxy) is 5. The molecule has 2 amide bonds. The van der Waals surface area contributed by atoms with Gasteiger partial charge in [0.05, 0.1) is 60.0 Å². The molecule has 5 heterocycles. The van der Waals surface area contributed by atoms with Crippen LogP contribution in [-0.2, 0) is 30.3 Å². The van der Waals surface area contributed by atoms with E-state index in [4.69, 9.17) is 23.7 Å². The van der Waals surface area contributed by atoms with Gasteiger partial charge in [-0.3, -0.25) is 24.2 Å². The van der Waals surface area contributed by atoms with Crippen LogP contribution in [-0.4, -0.2) is 118 Å². The number of pyridine rings is 1. The quantitative estimate of drug-likeness (QED) is 0.221. The van der Waals surface area contributed by atoms with Crippen LogP contribution in [0.15, 0.2) is 84.1 Å². The van der Waals surface area contributed by atoms with E-state index >= 15 is 0 Å². The first-order chi connectivity index (χ1) is 31.9. The number of carbonyl (C=O) groups excluding carboxylic acids is 5. The summed E-state index contributed by atoms with van der Waals surface area (Å²) >= 11 is 0. The van der Waals surface area contributed by atoms with Gasteiger partial charge in [0, 0.05) is 80.1 Å². The number of aromatic hydroxyl groups is 1. The number of benzene rings is 2. The topological polar surface area (TPSA) is 232 Å². The number of aliphatic hydroxyl groups is 2. The Kier molecular flexibility index (Phi) is 14.4. The van der Waals surface area contributed by atoms with Crippen molar-refractivity contribution in [3.8, 4) is 11.5 Å². The second-order valence-corrected chi connectivity index (χ2v) is 17.8. The van der Waals surface area contributed by atoms with Gasteiger partial charge in [-0.15, -0.1) is 0 Å². The zero-order valence-corrected chi connectivity index (χ0v) is 38.8. The molecule has 0 spiro atoms. The van der Waals surface area contributed by atoms with Gasteiger partial charge in [0.25, 0.3) is 11.7 Å². The molecule has 3 aromatic rings. The average Bonchev–Trinajstić information content (AvgIpc) is 3.59. The monoisotopic (exact) mass is 922 g/mol. The largest absolute Gasteiger partial charge is 0.507 e. The van der Waals surface area contributed by atoms with E-state index in [9.17, 15) is 39.3 Å². The summed E-state index contributed by atoms with van der Waals surface area (Å²) in [4.78, 5) is 77.4. The van der Waals surface area contributed by atoms with Crippen LogP contribution in [0, 0.1) is 30.6 Å². The second-order valence-electron chi connectivity index (χ2n) is 17.8. The number of alkyl carbamates (subject to hydrolysis) is 1. The van der Waals surface area contributed by atoms with E-state index in [1.54, 1.807) is 50.9 Å². The number of ketones is 3. The van der Waals surface area contributed by atoms with Crippen LogP contribution in [0.4, 0.5) is 4.79 Å². The zero-order chi connectivity index (χ0) is 48.5. The van der Waals surface area contributed by atoms with Crippen LogP contribution in [0.1, 0.15) is 83.7 Å². The molecule has 1 aromatic heterocycles. The molecule has 356 valence electrons. The Morgan fingerprint density at radius 2 is 1.67 bits per heavy atom. The van der Waals surface area contributed by atoms with E-state index < -0.39 is 94.5 Å². The number of allylic oxidation sites excluding steroid dienone is 4. The number of nitrogens with one attached hydrogen (secondary N) is 2. The van der Waals surface area contributed by atoms with E-state index in [0.29, 0.717) is 0 Å². The molecule has 5 N–H and O–H groups in total. The molecule has 0 saturated carbocycles. The number of phenolic OH excluding ortho intramolecular Hbond substituents is 1. The molecule has 5 aliphatic rings. The Balaban J connectivity index is 1.26. The fraction of sp³-hybridized carbons (Fsp3) is 0.440. The van der Waals surface area contributed by atoms with E-state index in [2.05, 4.69) is 15.6 Å². The number of aromatic nitrogens is 1. The SMILES string of the molecule is CO[C@H]1/C=C/O[C@@]2(C)Oc3c(C)c(O)c4c(c3C2=O)C(=O)C(N2CCOCC2)=C(NC(=O)/C(C)=C\C=C\[C@H](C)[C@H](O)[C@@H](C)[C@@H](O)[C@@H](C)[C@H](OC(=O)NCc2cnc3ccccc3c2)[C@@H]1C)C4=O. The average molecular weight is 923 g/mol. The Morgan fingerprint density at radius 1 is 0.955 bits per heavy atom. The Hall–Kier alpha value is -6.40. The number of para-hydroxylation sites is 1. The van der Waals surface area contributed by atoms with Gasteiger partial charge in [-0.2, -0.15) is 0 Å². The minimum Gasteiger partial charge on any atom is -0.507 e. The normalized spacial score (nSPS) is 30.2. The van der Waals surface area contributed by atoms with E-state index in [1.807, 2.05) is 30.3 Å². The third-order valence-corrected chi connectivity index (χ3v) is 13.3. The number of hydrogen-bond donors (Lipinski definition) is 5. The molecule has 9 atom stereocenters. The van der Waals surface area contributed by atoms with Crippen LogP contribution in [0.25, 0.3) is 10.9 Å². The zero-order valence-electron chi connectivity index (χ0n) is 38.8. The highest BCUT2D eigenvalue weighted by molar-refractivity contribution is 6.32. The number of rotatable bonds is 5. The number of methoxy groups -OCH3 is 1. The van der Waals surface area contributed by atoms with Crippen LogP contribution < -0.4 is 15.4 Å². The lowest BCUT2D eigenvalue weighted by atomic mass is 9.78. The number of morpholine rings is 1. The lowest BCUT2D eigenvalue weighted by Gasteiger charge is -2.38. The fourth-order valence-corrected chi connectivity index (χ4v) is 9.13. The number of carbonyl (C=O) groups is 5. The maximum Gasteiger partial charge on any atom is 0.407 e. The highest BCUT2D eigenvalue weighted by Crippen LogP contribution is 2.49. The molecule has 17 nitrogen and oxygen atoms in total. The Bertz CT molecular complexity index is 2600. The molecular weight excluding hydrogens is 865 g/mol. The van der Waals surface area contributed by atoms with Gasteiger partial charge < -0.3 is 54.5 Å². The van der Waals surface area contributed by atoms with Crippen LogP contribution >= 0.6 is 0 Å². The van der Waals surface area contributed by atoms with Crippen molar-refractivity contribution in [1.29, 1.82) is 0 Å². The van der Waals surface area contributed by atoms with Gasteiger partial charge in [-0.1, -0.05) is 64.1 Å². The predicted molar refractivity (Wildman–Crippen MR) is 244 cm³/mol. The molecule has 8 rings (SSSR count). The van der Waals surface area contributed by atoms with Crippen molar-refractivity contribution in [3.05, 3.63) is 112 Å². The summed E-state index contributed by atoms with van der Waals surface area (Å²) in [5, 5.41) is 41.3. The molecule has 1 fully saturated rings. The summed E-state index contributed by atoms with van der Waals surface area (Å²) in [7, 11) is 1.42. The summed E-state index contributed by atoms with van der Waals surface area (Å²) in [6.07, 6.45) is 3.96. The summed E-state index contributed by atoms with van der Waals surface area (Å²) in [6, 6.07) is 9.48. The number of nitrogens with zero attached hydrogens (tertiary/aromatic N) is 2. The molecule has 1 aliphatic carbocycles. The fourth-order valence-electron chi connectivity index (χ4n) is 9.13. The van der Waals surface area contributed by atoms with E-state index in [-0.39, 0.29) is 72.3 Å². The number of aliphatic hydroxyl groups excluding tert-OH is 2. The molecule has 0 unspecified atom stereocenters. The van der Waals surface area contributed by atoms with Crippen LogP contribution in [0.2, 0.25) is 0 Å². The summed E-state index contributed by atoms with van der Waals surface area (Å²) in [6.45, 7) is 12.0. The number of fused-ring (bicyclic) bond motifs is 15. The molecule has 5 bridgehead atoms. The lowest BCUT2D eigenvalue weighted by molar-refractivity contribution is -0.116. The van der Waals surface area contributed by atoms with E-state index in [0.717, 1.165) is 16.5 Å². The van der Waals surface area contributed by atoms with Crippen molar-refractivity contribution in [1.82, 2.24) is 20.5 Å². The Morgan fingerprint density at radius 3 is 2.39 bits per heavy atom. The van der Waals surface area contributed by atoms with Gasteiger partial charge in [0.2, 0.25) is 11.6 Å². The molecule has 17 heteroatoms. The first kappa shape index (κ1) is 48.5. The molecule has 67 heavy (non-hydrogen) atoms. The number of hydrogen-bond acceptors (Lipinski definition) is 15. The predicted octanol–water partition coefficient (Wildman–Crippen LogP) is 5.20. The second kappa shape index (κ2) is 19.8. The smallest absolute Gasteiger partial charge is 0.407 e. The third-order valence-electron chi connectivity index (χ3n) is 13.3. The van der Waals surface area contributed by atoms with Crippen molar-refractivity contribution >= 4 is 40.3 Å².